The SMILES string of the molecule is O=C1c2ccccc2CC[C@@H]1n1nc(-c2ccccc2)oc1=S. The minimum absolute atomic E-state index is 0.0517. The van der Waals surface area contributed by atoms with Crippen molar-refractivity contribution in [1.82, 2.24) is 9.78 Å². The van der Waals surface area contributed by atoms with Crippen molar-refractivity contribution in [3.63, 3.8) is 0 Å². The molecule has 114 valence electrons. The second-order valence-corrected chi connectivity index (χ2v) is 5.91. The first-order valence-corrected chi connectivity index (χ1v) is 7.92. The van der Waals surface area contributed by atoms with Gasteiger partial charge in [0.2, 0.25) is 5.89 Å². The van der Waals surface area contributed by atoms with Crippen LogP contribution in [0.4, 0.5) is 0 Å². The van der Waals surface area contributed by atoms with E-state index in [4.69, 9.17) is 16.6 Å². The zero-order valence-electron chi connectivity index (χ0n) is 12.3. The van der Waals surface area contributed by atoms with E-state index in [2.05, 4.69) is 5.10 Å². The Hall–Kier alpha value is -2.53. The highest BCUT2D eigenvalue weighted by atomic mass is 32.1. The molecule has 0 unspecified atom stereocenters. The van der Waals surface area contributed by atoms with Crippen molar-refractivity contribution in [3.05, 3.63) is 70.6 Å². The number of hydrogen-bond donors (Lipinski definition) is 0. The summed E-state index contributed by atoms with van der Waals surface area (Å²) in [4.78, 5) is 13.0. The number of ketones is 1. The summed E-state index contributed by atoms with van der Waals surface area (Å²) < 4.78 is 7.16. The lowest BCUT2D eigenvalue weighted by atomic mass is 9.87. The highest BCUT2D eigenvalue weighted by Gasteiger charge is 2.30. The third-order valence-electron chi connectivity index (χ3n) is 4.16. The highest BCUT2D eigenvalue weighted by Crippen LogP contribution is 2.30. The van der Waals surface area contributed by atoms with Crippen molar-refractivity contribution in [1.29, 1.82) is 0 Å². The number of Topliss-reactive ketones (excluding diaryl/α,β-unsaturated/α-hetero) is 1. The first kappa shape index (κ1) is 14.1. The molecule has 0 fully saturated rings. The van der Waals surface area contributed by atoms with Crippen LogP contribution in [0.5, 0.6) is 0 Å². The molecule has 5 heteroatoms. The first-order chi connectivity index (χ1) is 11.2. The van der Waals surface area contributed by atoms with Crippen LogP contribution in [0.15, 0.2) is 59.0 Å². The number of nitrogens with zero attached hydrogens (tertiary/aromatic N) is 2. The summed E-state index contributed by atoms with van der Waals surface area (Å²) in [6.07, 6.45) is 1.52. The van der Waals surface area contributed by atoms with Gasteiger partial charge in [0.05, 0.1) is 0 Å². The Morgan fingerprint density at radius 1 is 1.09 bits per heavy atom. The fourth-order valence-corrected chi connectivity index (χ4v) is 3.24. The number of carbonyl (C=O) groups excluding carboxylic acids is 1. The minimum atomic E-state index is -0.390. The monoisotopic (exact) mass is 322 g/mol. The predicted octanol–water partition coefficient (Wildman–Crippen LogP) is 4.24. The van der Waals surface area contributed by atoms with Gasteiger partial charge in [-0.25, -0.2) is 4.68 Å². The molecule has 1 aliphatic rings. The summed E-state index contributed by atoms with van der Waals surface area (Å²) in [5.41, 5.74) is 2.70. The third kappa shape index (κ3) is 2.43. The zero-order chi connectivity index (χ0) is 15.8. The summed E-state index contributed by atoms with van der Waals surface area (Å²) in [5, 5.41) is 4.45. The molecule has 0 radical (unpaired) electrons. The molecule has 0 spiro atoms. The average Bonchev–Trinajstić information content (AvgIpc) is 2.98. The van der Waals surface area contributed by atoms with Crippen molar-refractivity contribution < 1.29 is 9.21 Å². The number of hydrogen-bond acceptors (Lipinski definition) is 4. The molecule has 0 N–H and O–H groups in total. The van der Waals surface area contributed by atoms with E-state index in [1.54, 1.807) is 4.68 Å². The maximum Gasteiger partial charge on any atom is 0.288 e. The van der Waals surface area contributed by atoms with Gasteiger partial charge in [0.1, 0.15) is 6.04 Å². The normalized spacial score (nSPS) is 17.0. The molecule has 2 aromatic carbocycles. The van der Waals surface area contributed by atoms with Gasteiger partial charge in [-0.05, 0) is 42.8 Å². The molecular formula is C18H14N2O2S. The Balaban J connectivity index is 1.74. The van der Waals surface area contributed by atoms with E-state index < -0.39 is 6.04 Å². The van der Waals surface area contributed by atoms with E-state index in [0.717, 1.165) is 23.1 Å². The van der Waals surface area contributed by atoms with Gasteiger partial charge in [0.25, 0.3) is 4.84 Å². The van der Waals surface area contributed by atoms with Gasteiger partial charge in [-0.15, -0.1) is 5.10 Å². The second-order valence-electron chi connectivity index (χ2n) is 5.56. The number of carbonyl (C=O) groups is 1. The summed E-state index contributed by atoms with van der Waals surface area (Å²) in [6.45, 7) is 0. The smallest absolute Gasteiger partial charge is 0.288 e. The predicted molar refractivity (Wildman–Crippen MR) is 88.9 cm³/mol. The molecule has 4 nitrogen and oxygen atoms in total. The number of fused-ring (bicyclic) bond motifs is 1. The molecule has 0 bridgehead atoms. The minimum Gasteiger partial charge on any atom is -0.409 e. The summed E-state index contributed by atoms with van der Waals surface area (Å²) >= 11 is 5.29. The lowest BCUT2D eigenvalue weighted by Crippen LogP contribution is -2.26. The number of rotatable bonds is 2. The third-order valence-corrected chi connectivity index (χ3v) is 4.43. The maximum absolute atomic E-state index is 12.8. The van der Waals surface area contributed by atoms with Crippen molar-refractivity contribution in [2.24, 2.45) is 0 Å². The summed E-state index contributed by atoms with van der Waals surface area (Å²) in [5.74, 6) is 0.498. The molecule has 0 saturated carbocycles. The molecule has 4 rings (SSSR count). The van der Waals surface area contributed by atoms with Gasteiger partial charge in [-0.2, -0.15) is 0 Å². The molecule has 1 heterocycles. The quantitative estimate of drug-likeness (QED) is 0.662. The Labute approximate surface area is 138 Å². The van der Waals surface area contributed by atoms with Crippen molar-refractivity contribution >= 4 is 18.0 Å². The molecule has 23 heavy (non-hydrogen) atoms. The Morgan fingerprint density at radius 3 is 2.65 bits per heavy atom. The van der Waals surface area contributed by atoms with Crippen LogP contribution in [-0.4, -0.2) is 15.6 Å². The van der Waals surface area contributed by atoms with Gasteiger partial charge >= 0.3 is 0 Å². The fraction of sp³-hybridized carbons (Fsp3) is 0.167. The van der Waals surface area contributed by atoms with E-state index >= 15 is 0 Å². The van der Waals surface area contributed by atoms with Gasteiger partial charge < -0.3 is 4.42 Å². The van der Waals surface area contributed by atoms with E-state index in [9.17, 15) is 4.79 Å². The summed E-state index contributed by atoms with van der Waals surface area (Å²) in [7, 11) is 0. The van der Waals surface area contributed by atoms with Crippen molar-refractivity contribution in [2.45, 2.75) is 18.9 Å². The molecule has 1 aromatic heterocycles. The zero-order valence-corrected chi connectivity index (χ0v) is 13.1. The van der Waals surface area contributed by atoms with Gasteiger partial charge in [-0.3, -0.25) is 4.79 Å². The van der Waals surface area contributed by atoms with Crippen LogP contribution in [0.25, 0.3) is 11.5 Å². The van der Waals surface area contributed by atoms with Gasteiger partial charge in [0.15, 0.2) is 5.78 Å². The lowest BCUT2D eigenvalue weighted by Gasteiger charge is -2.22. The largest absolute Gasteiger partial charge is 0.409 e. The molecule has 3 aromatic rings. The lowest BCUT2D eigenvalue weighted by molar-refractivity contribution is 0.0896. The van der Waals surface area contributed by atoms with Crippen LogP contribution in [0, 0.1) is 4.84 Å². The number of aromatic nitrogens is 2. The number of aryl methyl sites for hydroxylation is 1. The van der Waals surface area contributed by atoms with Crippen LogP contribution in [0.3, 0.4) is 0 Å². The number of benzene rings is 2. The Bertz CT molecular complexity index is 927. The van der Waals surface area contributed by atoms with E-state index in [1.807, 2.05) is 54.6 Å². The molecule has 0 saturated heterocycles. The average molecular weight is 322 g/mol. The van der Waals surface area contributed by atoms with Gasteiger partial charge in [0, 0.05) is 11.1 Å². The van der Waals surface area contributed by atoms with E-state index in [0.29, 0.717) is 12.3 Å². The van der Waals surface area contributed by atoms with Crippen molar-refractivity contribution in [2.75, 3.05) is 0 Å². The van der Waals surface area contributed by atoms with E-state index in [-0.39, 0.29) is 10.6 Å². The molecule has 0 amide bonds. The van der Waals surface area contributed by atoms with Crippen LogP contribution in [0.1, 0.15) is 28.4 Å². The molecule has 1 atom stereocenters. The second kappa shape index (κ2) is 5.59. The van der Waals surface area contributed by atoms with Crippen LogP contribution >= 0.6 is 12.2 Å². The van der Waals surface area contributed by atoms with E-state index in [1.165, 1.54) is 0 Å². The maximum atomic E-state index is 12.8. The molecule has 1 aliphatic carbocycles. The topological polar surface area (TPSA) is 48.0 Å². The highest BCUT2D eigenvalue weighted by molar-refractivity contribution is 7.71. The first-order valence-electron chi connectivity index (χ1n) is 7.51. The van der Waals surface area contributed by atoms with Crippen LogP contribution < -0.4 is 0 Å². The van der Waals surface area contributed by atoms with Crippen molar-refractivity contribution in [3.8, 4) is 11.5 Å². The molecular weight excluding hydrogens is 308 g/mol. The van der Waals surface area contributed by atoms with Crippen LogP contribution in [0.2, 0.25) is 0 Å². The summed E-state index contributed by atoms with van der Waals surface area (Å²) in [6, 6.07) is 16.9. The fourth-order valence-electron chi connectivity index (χ4n) is 3.00. The Kier molecular flexibility index (Phi) is 3.42. The standard InChI is InChI=1S/C18H14N2O2S/c21-16-14-9-5-4-6-12(14)10-11-15(16)20-18(23)22-17(19-20)13-7-2-1-3-8-13/h1-9,15H,10-11H2/t15-/m0/s1. The molecule has 0 aliphatic heterocycles. The Morgan fingerprint density at radius 2 is 1.83 bits per heavy atom. The van der Waals surface area contributed by atoms with Crippen LogP contribution in [-0.2, 0) is 6.42 Å². The van der Waals surface area contributed by atoms with Gasteiger partial charge in [-0.1, -0.05) is 42.5 Å².